The molecule has 0 heterocycles. The van der Waals surface area contributed by atoms with E-state index in [0.717, 1.165) is 17.0 Å². The molecule has 0 aliphatic rings. The maximum atomic E-state index is 5.98. The first-order chi connectivity index (χ1) is 9.29. The Kier molecular flexibility index (Phi) is 4.81. The highest BCUT2D eigenvalue weighted by Crippen LogP contribution is 2.21. The van der Waals surface area contributed by atoms with Gasteiger partial charge in [-0.15, -0.1) is 0 Å². The van der Waals surface area contributed by atoms with E-state index in [4.69, 9.17) is 16.3 Å². The molecule has 0 amide bonds. The van der Waals surface area contributed by atoms with Gasteiger partial charge in [0.05, 0.1) is 18.5 Å². The summed E-state index contributed by atoms with van der Waals surface area (Å²) in [5.41, 5.74) is 4.73. The number of para-hydroxylation sites is 1. The van der Waals surface area contributed by atoms with E-state index in [-0.39, 0.29) is 0 Å². The number of hydrogen-bond donors (Lipinski definition) is 1. The molecule has 0 saturated carbocycles. The highest BCUT2D eigenvalue weighted by atomic mass is 35.5. The van der Waals surface area contributed by atoms with Crippen molar-refractivity contribution < 1.29 is 4.74 Å². The van der Waals surface area contributed by atoms with Crippen LogP contribution in [0.4, 0.5) is 5.69 Å². The van der Waals surface area contributed by atoms with Crippen molar-refractivity contribution in [1.82, 2.24) is 0 Å². The van der Waals surface area contributed by atoms with Crippen LogP contribution in [0, 0.1) is 0 Å². The number of hydrogen-bond acceptors (Lipinski definition) is 3. The predicted octanol–water partition coefficient (Wildman–Crippen LogP) is 4.18. The molecule has 0 atom stereocenters. The van der Waals surface area contributed by atoms with E-state index in [0.29, 0.717) is 11.6 Å². The molecule has 0 radical (unpaired) electrons. The second-order valence-electron chi connectivity index (χ2n) is 3.85. The Balaban J connectivity index is 2.11. The van der Waals surface area contributed by atoms with Gasteiger partial charge in [0, 0.05) is 10.6 Å². The van der Waals surface area contributed by atoms with Gasteiger partial charge in [0.2, 0.25) is 0 Å². The maximum Gasteiger partial charge on any atom is 0.128 e. The minimum atomic E-state index is 0.606. The summed E-state index contributed by atoms with van der Waals surface area (Å²) < 4.78 is 5.52. The Morgan fingerprint density at radius 2 is 2.00 bits per heavy atom. The van der Waals surface area contributed by atoms with Gasteiger partial charge in [-0.25, -0.2) is 0 Å². The molecule has 0 aliphatic heterocycles. The minimum Gasteiger partial charge on any atom is -0.493 e. The molecule has 0 spiro atoms. The number of nitrogens with one attached hydrogen (secondary N) is 1. The van der Waals surface area contributed by atoms with E-state index in [1.54, 1.807) is 12.3 Å². The summed E-state index contributed by atoms with van der Waals surface area (Å²) in [5.74, 6) is 0.769. The largest absolute Gasteiger partial charge is 0.493 e. The monoisotopic (exact) mass is 274 g/mol. The molecule has 4 heteroatoms. The third-order valence-electron chi connectivity index (χ3n) is 2.44. The van der Waals surface area contributed by atoms with Crippen molar-refractivity contribution in [3.8, 4) is 5.75 Å². The van der Waals surface area contributed by atoms with Crippen LogP contribution in [0.1, 0.15) is 12.5 Å². The van der Waals surface area contributed by atoms with Gasteiger partial charge in [0.15, 0.2) is 0 Å². The van der Waals surface area contributed by atoms with E-state index in [1.165, 1.54) is 0 Å². The maximum absolute atomic E-state index is 5.98. The van der Waals surface area contributed by atoms with Crippen LogP contribution in [0.3, 0.4) is 0 Å². The van der Waals surface area contributed by atoms with E-state index < -0.39 is 0 Å². The SMILES string of the molecule is CCOc1ccc(Cl)cc1C=NNc1ccccc1. The lowest BCUT2D eigenvalue weighted by Gasteiger charge is -2.07. The third-order valence-corrected chi connectivity index (χ3v) is 2.68. The Morgan fingerprint density at radius 3 is 2.74 bits per heavy atom. The molecule has 0 saturated heterocycles. The first kappa shape index (κ1) is 13.4. The standard InChI is InChI=1S/C15H15ClN2O/c1-2-19-15-9-8-13(16)10-12(15)11-17-18-14-6-4-3-5-7-14/h3-11,18H,2H2,1H3. The fraction of sp³-hybridized carbons (Fsp3) is 0.133. The molecular formula is C15H15ClN2O. The van der Waals surface area contributed by atoms with Gasteiger partial charge in [-0.1, -0.05) is 29.8 Å². The molecule has 1 N–H and O–H groups in total. The number of rotatable bonds is 5. The zero-order chi connectivity index (χ0) is 13.5. The van der Waals surface area contributed by atoms with Crippen LogP contribution >= 0.6 is 11.6 Å². The van der Waals surface area contributed by atoms with Crippen molar-refractivity contribution in [2.45, 2.75) is 6.92 Å². The third kappa shape index (κ3) is 4.00. The number of hydrazone groups is 1. The van der Waals surface area contributed by atoms with Crippen LogP contribution in [0.25, 0.3) is 0 Å². The molecule has 2 rings (SSSR count). The molecule has 19 heavy (non-hydrogen) atoms. The molecule has 0 aromatic heterocycles. The zero-order valence-corrected chi connectivity index (χ0v) is 11.4. The van der Waals surface area contributed by atoms with Crippen LogP contribution in [0.15, 0.2) is 53.6 Å². The van der Waals surface area contributed by atoms with Crippen molar-refractivity contribution in [2.24, 2.45) is 5.10 Å². The summed E-state index contributed by atoms with van der Waals surface area (Å²) in [6, 6.07) is 15.2. The molecule has 98 valence electrons. The first-order valence-corrected chi connectivity index (χ1v) is 6.44. The smallest absolute Gasteiger partial charge is 0.128 e. The van der Waals surface area contributed by atoms with Gasteiger partial charge in [-0.2, -0.15) is 5.10 Å². The van der Waals surface area contributed by atoms with Gasteiger partial charge in [-0.05, 0) is 37.3 Å². The molecule has 2 aromatic rings. The van der Waals surface area contributed by atoms with E-state index in [1.807, 2.05) is 49.4 Å². The molecule has 0 fully saturated rings. The predicted molar refractivity (Wildman–Crippen MR) is 80.3 cm³/mol. The molecule has 0 bridgehead atoms. The molecule has 0 unspecified atom stereocenters. The Labute approximate surface area is 117 Å². The highest BCUT2D eigenvalue weighted by Gasteiger charge is 2.01. The second-order valence-corrected chi connectivity index (χ2v) is 4.29. The van der Waals surface area contributed by atoms with Gasteiger partial charge in [-0.3, -0.25) is 5.43 Å². The van der Waals surface area contributed by atoms with E-state index in [2.05, 4.69) is 10.5 Å². The second kappa shape index (κ2) is 6.81. The average molecular weight is 275 g/mol. The van der Waals surface area contributed by atoms with E-state index in [9.17, 15) is 0 Å². The van der Waals surface area contributed by atoms with E-state index >= 15 is 0 Å². The number of ether oxygens (including phenoxy) is 1. The highest BCUT2D eigenvalue weighted by molar-refractivity contribution is 6.30. The Hall–Kier alpha value is -2.00. The average Bonchev–Trinajstić information content (AvgIpc) is 2.43. The molecule has 2 aromatic carbocycles. The van der Waals surface area contributed by atoms with Gasteiger partial charge in [0.25, 0.3) is 0 Å². The summed E-state index contributed by atoms with van der Waals surface area (Å²) >= 11 is 5.98. The normalized spacial score (nSPS) is 10.6. The Bertz CT molecular complexity index is 555. The first-order valence-electron chi connectivity index (χ1n) is 6.06. The van der Waals surface area contributed by atoms with Gasteiger partial charge in [0.1, 0.15) is 5.75 Å². The number of nitrogens with zero attached hydrogens (tertiary/aromatic N) is 1. The number of halogens is 1. The summed E-state index contributed by atoms with van der Waals surface area (Å²) in [6.45, 7) is 2.55. The van der Waals surface area contributed by atoms with Gasteiger partial charge >= 0.3 is 0 Å². The molecule has 3 nitrogen and oxygen atoms in total. The number of anilines is 1. The van der Waals surface area contributed by atoms with Crippen LogP contribution in [0.2, 0.25) is 5.02 Å². The summed E-state index contributed by atoms with van der Waals surface area (Å²) in [6.07, 6.45) is 1.70. The summed E-state index contributed by atoms with van der Waals surface area (Å²) in [5, 5.41) is 4.84. The Morgan fingerprint density at radius 1 is 1.21 bits per heavy atom. The molecule has 0 aliphatic carbocycles. The van der Waals surface area contributed by atoms with Gasteiger partial charge < -0.3 is 4.74 Å². The number of benzene rings is 2. The van der Waals surface area contributed by atoms with Crippen LogP contribution in [0.5, 0.6) is 5.75 Å². The van der Waals surface area contributed by atoms with Crippen molar-refractivity contribution in [3.05, 3.63) is 59.1 Å². The lowest BCUT2D eigenvalue weighted by molar-refractivity contribution is 0.340. The van der Waals surface area contributed by atoms with Crippen LogP contribution < -0.4 is 10.2 Å². The topological polar surface area (TPSA) is 33.6 Å². The van der Waals surface area contributed by atoms with Crippen molar-refractivity contribution in [2.75, 3.05) is 12.0 Å². The molecular weight excluding hydrogens is 260 g/mol. The lowest BCUT2D eigenvalue weighted by atomic mass is 10.2. The zero-order valence-electron chi connectivity index (χ0n) is 10.6. The van der Waals surface area contributed by atoms with Crippen LogP contribution in [-0.4, -0.2) is 12.8 Å². The van der Waals surface area contributed by atoms with Crippen molar-refractivity contribution in [3.63, 3.8) is 0 Å². The summed E-state index contributed by atoms with van der Waals surface area (Å²) in [7, 11) is 0. The minimum absolute atomic E-state index is 0.606. The van der Waals surface area contributed by atoms with Crippen LogP contribution in [-0.2, 0) is 0 Å². The summed E-state index contributed by atoms with van der Waals surface area (Å²) in [4.78, 5) is 0. The fourth-order valence-corrected chi connectivity index (χ4v) is 1.78. The fourth-order valence-electron chi connectivity index (χ4n) is 1.60. The van der Waals surface area contributed by atoms with Crippen molar-refractivity contribution in [1.29, 1.82) is 0 Å². The quantitative estimate of drug-likeness (QED) is 0.655. The van der Waals surface area contributed by atoms with Crippen molar-refractivity contribution >= 4 is 23.5 Å². The lowest BCUT2D eigenvalue weighted by Crippen LogP contribution is -1.97.